The van der Waals surface area contributed by atoms with Crippen LogP contribution >= 0.6 is 38.6 Å². The molecule has 2 heterocycles. The zero-order chi connectivity index (χ0) is 15.5. The van der Waals surface area contributed by atoms with Crippen LogP contribution in [0.15, 0.2) is 46.4 Å². The molecule has 1 aromatic carbocycles. The van der Waals surface area contributed by atoms with Gasteiger partial charge in [-0.2, -0.15) is 0 Å². The number of anilines is 1. The van der Waals surface area contributed by atoms with Gasteiger partial charge in [-0.05, 0) is 45.8 Å². The summed E-state index contributed by atoms with van der Waals surface area (Å²) < 4.78 is 13.8. The lowest BCUT2D eigenvalue weighted by Crippen LogP contribution is -2.09. The van der Waals surface area contributed by atoms with Gasteiger partial charge in [0.1, 0.15) is 5.82 Å². The van der Waals surface area contributed by atoms with E-state index in [1.165, 1.54) is 34.8 Å². The van der Waals surface area contributed by atoms with Gasteiger partial charge in [-0.3, -0.25) is 10.1 Å². The summed E-state index contributed by atoms with van der Waals surface area (Å²) in [6.07, 6.45) is 2.40. The quantitative estimate of drug-likeness (QED) is 0.677. The van der Waals surface area contributed by atoms with E-state index in [1.807, 2.05) is 6.07 Å². The Morgan fingerprint density at radius 1 is 1.18 bits per heavy atom. The molecule has 1 N–H and O–H groups in total. The first-order valence-electron chi connectivity index (χ1n) is 6.36. The molecule has 112 valence electrons. The maximum Gasteiger partial charge on any atom is 0.267 e. The lowest BCUT2D eigenvalue weighted by Gasteiger charge is -1.98. The van der Waals surface area contributed by atoms with Crippen LogP contribution in [0.5, 0.6) is 0 Å². The first kappa shape index (κ1) is 15.3. The SMILES string of the molecule is O=C(Nc1ncc(Cc2ccc(F)cc2)s1)c1ccc(Br)s1. The fraction of sp³-hybridized carbons (Fsp3) is 0.0667. The molecule has 0 atom stereocenters. The smallest absolute Gasteiger partial charge is 0.267 e. The van der Waals surface area contributed by atoms with E-state index < -0.39 is 0 Å². The van der Waals surface area contributed by atoms with Crippen molar-refractivity contribution in [2.45, 2.75) is 6.42 Å². The van der Waals surface area contributed by atoms with Crippen LogP contribution < -0.4 is 5.32 Å². The Kier molecular flexibility index (Phi) is 4.66. The highest BCUT2D eigenvalue weighted by molar-refractivity contribution is 9.11. The first-order valence-corrected chi connectivity index (χ1v) is 8.78. The van der Waals surface area contributed by atoms with Gasteiger partial charge in [-0.15, -0.1) is 22.7 Å². The third-order valence-corrected chi connectivity index (χ3v) is 5.40. The number of nitrogens with zero attached hydrogens (tertiary/aromatic N) is 1. The molecular formula is C15H10BrFN2OS2. The predicted molar refractivity (Wildman–Crippen MR) is 91.3 cm³/mol. The number of hydrogen-bond donors (Lipinski definition) is 1. The van der Waals surface area contributed by atoms with Crippen molar-refractivity contribution in [2.24, 2.45) is 0 Å². The normalized spacial score (nSPS) is 10.6. The van der Waals surface area contributed by atoms with Crippen LogP contribution in [0, 0.1) is 5.82 Å². The average molecular weight is 397 g/mol. The summed E-state index contributed by atoms with van der Waals surface area (Å²) in [5.41, 5.74) is 1.00. The lowest BCUT2D eigenvalue weighted by atomic mass is 10.1. The monoisotopic (exact) mass is 396 g/mol. The van der Waals surface area contributed by atoms with Crippen molar-refractivity contribution in [2.75, 3.05) is 5.32 Å². The van der Waals surface area contributed by atoms with E-state index in [0.717, 1.165) is 14.2 Å². The number of amides is 1. The number of halogens is 2. The van der Waals surface area contributed by atoms with Gasteiger partial charge in [-0.25, -0.2) is 9.37 Å². The Balaban J connectivity index is 1.66. The Bertz CT molecular complexity index is 798. The molecule has 0 aliphatic heterocycles. The first-order chi connectivity index (χ1) is 10.6. The van der Waals surface area contributed by atoms with Crippen LogP contribution in [0.2, 0.25) is 0 Å². The number of rotatable bonds is 4. The molecule has 1 amide bonds. The zero-order valence-corrected chi connectivity index (χ0v) is 14.4. The fourth-order valence-corrected chi connectivity index (χ4v) is 3.97. The number of thiophene rings is 1. The molecule has 0 radical (unpaired) electrons. The molecule has 0 saturated heterocycles. The summed E-state index contributed by atoms with van der Waals surface area (Å²) in [6, 6.07) is 9.97. The number of aromatic nitrogens is 1. The van der Waals surface area contributed by atoms with E-state index in [4.69, 9.17) is 0 Å². The Hall–Kier alpha value is -1.57. The summed E-state index contributed by atoms with van der Waals surface area (Å²) in [4.78, 5) is 17.9. The summed E-state index contributed by atoms with van der Waals surface area (Å²) in [5.74, 6) is -0.415. The summed E-state index contributed by atoms with van der Waals surface area (Å²) in [6.45, 7) is 0. The molecular weight excluding hydrogens is 387 g/mol. The van der Waals surface area contributed by atoms with Gasteiger partial charge in [-0.1, -0.05) is 12.1 Å². The van der Waals surface area contributed by atoms with Gasteiger partial charge >= 0.3 is 0 Å². The number of nitrogens with one attached hydrogen (secondary N) is 1. The highest BCUT2D eigenvalue weighted by Gasteiger charge is 2.11. The fourth-order valence-electron chi connectivity index (χ4n) is 1.85. The van der Waals surface area contributed by atoms with Crippen molar-refractivity contribution in [1.29, 1.82) is 0 Å². The number of benzene rings is 1. The third kappa shape index (κ3) is 3.79. The molecule has 3 aromatic rings. The van der Waals surface area contributed by atoms with Crippen molar-refractivity contribution in [3.63, 3.8) is 0 Å². The molecule has 0 fully saturated rings. The molecule has 0 bridgehead atoms. The minimum Gasteiger partial charge on any atom is -0.297 e. The van der Waals surface area contributed by atoms with Gasteiger partial charge in [0.15, 0.2) is 5.13 Å². The Morgan fingerprint density at radius 3 is 2.64 bits per heavy atom. The minimum absolute atomic E-state index is 0.168. The van der Waals surface area contributed by atoms with Crippen LogP contribution in [-0.4, -0.2) is 10.9 Å². The molecule has 3 rings (SSSR count). The molecule has 7 heteroatoms. The van der Waals surface area contributed by atoms with Crippen molar-refractivity contribution in [3.8, 4) is 0 Å². The molecule has 0 aliphatic rings. The van der Waals surface area contributed by atoms with Gasteiger partial charge < -0.3 is 0 Å². The molecule has 0 spiro atoms. The van der Waals surface area contributed by atoms with Crippen LogP contribution in [0.1, 0.15) is 20.1 Å². The summed E-state index contributed by atoms with van der Waals surface area (Å²) in [7, 11) is 0. The number of carbonyl (C=O) groups excluding carboxylic acids is 1. The minimum atomic E-state index is -0.247. The zero-order valence-electron chi connectivity index (χ0n) is 11.2. The van der Waals surface area contributed by atoms with Crippen molar-refractivity contribution in [1.82, 2.24) is 4.98 Å². The molecule has 0 unspecified atom stereocenters. The van der Waals surface area contributed by atoms with Crippen molar-refractivity contribution >= 4 is 49.6 Å². The Morgan fingerprint density at radius 2 is 1.95 bits per heavy atom. The van der Waals surface area contributed by atoms with Crippen molar-refractivity contribution in [3.05, 3.63) is 67.5 Å². The van der Waals surface area contributed by atoms with E-state index in [9.17, 15) is 9.18 Å². The van der Waals surface area contributed by atoms with Crippen molar-refractivity contribution < 1.29 is 9.18 Å². The lowest BCUT2D eigenvalue weighted by molar-refractivity contribution is 0.103. The van der Waals surface area contributed by atoms with E-state index in [1.54, 1.807) is 24.4 Å². The van der Waals surface area contributed by atoms with E-state index in [0.29, 0.717) is 16.4 Å². The van der Waals surface area contributed by atoms with Gasteiger partial charge in [0, 0.05) is 17.5 Å². The van der Waals surface area contributed by atoms with Crippen LogP contribution in [0.25, 0.3) is 0 Å². The second-order valence-electron chi connectivity index (χ2n) is 4.49. The molecule has 22 heavy (non-hydrogen) atoms. The highest BCUT2D eigenvalue weighted by Crippen LogP contribution is 2.25. The third-order valence-electron chi connectivity index (χ3n) is 2.86. The van der Waals surface area contributed by atoms with Gasteiger partial charge in [0.05, 0.1) is 8.66 Å². The second kappa shape index (κ2) is 6.68. The van der Waals surface area contributed by atoms with E-state index in [2.05, 4.69) is 26.2 Å². The van der Waals surface area contributed by atoms with Gasteiger partial charge in [0.25, 0.3) is 5.91 Å². The number of hydrogen-bond acceptors (Lipinski definition) is 4. The largest absolute Gasteiger partial charge is 0.297 e. The molecule has 2 aromatic heterocycles. The topological polar surface area (TPSA) is 42.0 Å². The maximum absolute atomic E-state index is 12.9. The Labute approximate surface area is 143 Å². The summed E-state index contributed by atoms with van der Waals surface area (Å²) >= 11 is 6.12. The molecule has 0 saturated carbocycles. The van der Waals surface area contributed by atoms with Crippen LogP contribution in [0.4, 0.5) is 9.52 Å². The molecule has 0 aliphatic carbocycles. The maximum atomic E-state index is 12.9. The number of carbonyl (C=O) groups is 1. The van der Waals surface area contributed by atoms with E-state index in [-0.39, 0.29) is 11.7 Å². The predicted octanol–water partition coefficient (Wildman–Crippen LogP) is 4.95. The second-order valence-corrected chi connectivity index (χ2v) is 8.07. The summed E-state index contributed by atoms with van der Waals surface area (Å²) in [5, 5.41) is 3.35. The van der Waals surface area contributed by atoms with Crippen LogP contribution in [-0.2, 0) is 6.42 Å². The number of thiazole rings is 1. The van der Waals surface area contributed by atoms with Gasteiger partial charge in [0.2, 0.25) is 0 Å². The highest BCUT2D eigenvalue weighted by atomic mass is 79.9. The molecule has 3 nitrogen and oxygen atoms in total. The average Bonchev–Trinajstić information content (AvgIpc) is 3.11. The van der Waals surface area contributed by atoms with Crippen LogP contribution in [0.3, 0.4) is 0 Å². The van der Waals surface area contributed by atoms with E-state index >= 15 is 0 Å². The standard InChI is InChI=1S/C15H10BrFN2OS2/c16-13-6-5-12(22-13)14(20)19-15-18-8-11(21-15)7-9-1-3-10(17)4-2-9/h1-6,8H,7H2,(H,18,19,20).